The number of aromatic amines is 1. The molecule has 178 valence electrons. The molecule has 0 atom stereocenters. The summed E-state index contributed by atoms with van der Waals surface area (Å²) >= 11 is 0. The van der Waals surface area contributed by atoms with E-state index in [-0.39, 0.29) is 0 Å². The first kappa shape index (κ1) is 20.7. The number of fused-ring (bicyclic) bond motifs is 1. The third-order valence-corrected chi connectivity index (χ3v) is 6.52. The Morgan fingerprint density at radius 3 is 2.78 bits per heavy atom. The van der Waals surface area contributed by atoms with Crippen LogP contribution in [-0.2, 0) is 6.54 Å². The third kappa shape index (κ3) is 3.94. The first-order valence-corrected chi connectivity index (χ1v) is 12.1. The van der Waals surface area contributed by atoms with E-state index in [1.54, 1.807) is 0 Å². The fraction of sp³-hybridized carbons (Fsp3) is 0.185. The molecule has 0 saturated heterocycles. The molecule has 9 heteroatoms. The number of H-pyrrole nitrogens is 1. The van der Waals surface area contributed by atoms with Gasteiger partial charge in [0.1, 0.15) is 5.65 Å². The van der Waals surface area contributed by atoms with Gasteiger partial charge in [0, 0.05) is 59.8 Å². The van der Waals surface area contributed by atoms with Gasteiger partial charge in [-0.15, -0.1) is 0 Å². The molecular weight excluding hydrogens is 450 g/mol. The van der Waals surface area contributed by atoms with Crippen molar-refractivity contribution >= 4 is 17.4 Å². The Morgan fingerprint density at radius 2 is 1.92 bits per heavy atom. The highest BCUT2D eigenvalue weighted by Gasteiger charge is 2.25. The van der Waals surface area contributed by atoms with Gasteiger partial charge in [0.25, 0.3) is 0 Å². The maximum Gasteiger partial charge on any atom is 0.215 e. The second-order valence-corrected chi connectivity index (χ2v) is 9.37. The summed E-state index contributed by atoms with van der Waals surface area (Å²) in [6.07, 6.45) is 12.4. The summed E-state index contributed by atoms with van der Waals surface area (Å²) in [4.78, 5) is 9.60. The second kappa shape index (κ2) is 8.23. The fourth-order valence-electron chi connectivity index (χ4n) is 4.56. The average molecular weight is 476 g/mol. The van der Waals surface area contributed by atoms with E-state index in [9.17, 15) is 0 Å². The van der Waals surface area contributed by atoms with E-state index in [0.717, 1.165) is 34.1 Å². The predicted molar refractivity (Wildman–Crippen MR) is 138 cm³/mol. The van der Waals surface area contributed by atoms with Crippen molar-refractivity contribution in [1.29, 1.82) is 0 Å². The van der Waals surface area contributed by atoms with Crippen LogP contribution in [0.3, 0.4) is 0 Å². The highest BCUT2D eigenvalue weighted by molar-refractivity contribution is 5.66. The van der Waals surface area contributed by atoms with Crippen molar-refractivity contribution in [2.24, 2.45) is 0 Å². The molecule has 1 saturated carbocycles. The number of nitrogens with zero attached hydrogens (tertiary/aromatic N) is 7. The van der Waals surface area contributed by atoms with Crippen LogP contribution in [0.4, 0.5) is 11.8 Å². The standard InChI is InChI=1S/C27H25N9/c1-18-15-36-26(29-18)13-23(30-27(36)31-25-12-24(32-33-25)20-7-8-20)21-14-28-35(17-21)16-19-5-4-6-22(11-19)34-9-2-3-10-34/h2-6,9-15,17,20H,7-8,16H2,1H3,(H2,30,31,32,33). The van der Waals surface area contributed by atoms with E-state index in [4.69, 9.17) is 4.98 Å². The first-order valence-electron chi connectivity index (χ1n) is 12.1. The zero-order chi connectivity index (χ0) is 24.1. The molecule has 1 aliphatic rings. The molecule has 0 unspecified atom stereocenters. The van der Waals surface area contributed by atoms with Gasteiger partial charge >= 0.3 is 0 Å². The van der Waals surface area contributed by atoms with Crippen molar-refractivity contribution < 1.29 is 0 Å². The molecule has 0 bridgehead atoms. The Balaban J connectivity index is 1.18. The summed E-state index contributed by atoms with van der Waals surface area (Å²) in [5, 5.41) is 15.6. The zero-order valence-corrected chi connectivity index (χ0v) is 19.8. The molecule has 1 aliphatic carbocycles. The van der Waals surface area contributed by atoms with E-state index in [1.165, 1.54) is 24.1 Å². The number of imidazole rings is 1. The smallest absolute Gasteiger partial charge is 0.215 e. The van der Waals surface area contributed by atoms with Gasteiger partial charge in [0.15, 0.2) is 5.82 Å². The lowest BCUT2D eigenvalue weighted by Gasteiger charge is -2.08. The molecular formula is C27H25N9. The molecule has 9 nitrogen and oxygen atoms in total. The van der Waals surface area contributed by atoms with Crippen LogP contribution in [0.2, 0.25) is 0 Å². The van der Waals surface area contributed by atoms with Gasteiger partial charge in [-0.3, -0.25) is 14.2 Å². The van der Waals surface area contributed by atoms with Gasteiger partial charge in [-0.2, -0.15) is 10.2 Å². The molecule has 0 radical (unpaired) electrons. The molecule has 2 N–H and O–H groups in total. The molecule has 0 amide bonds. The monoisotopic (exact) mass is 475 g/mol. The maximum atomic E-state index is 4.92. The summed E-state index contributed by atoms with van der Waals surface area (Å²) in [5.74, 6) is 2.04. The molecule has 0 spiro atoms. The van der Waals surface area contributed by atoms with E-state index < -0.39 is 0 Å². The summed E-state index contributed by atoms with van der Waals surface area (Å²) in [6.45, 7) is 2.65. The van der Waals surface area contributed by atoms with Crippen molar-refractivity contribution in [3.8, 4) is 16.9 Å². The third-order valence-electron chi connectivity index (χ3n) is 6.52. The summed E-state index contributed by atoms with van der Waals surface area (Å²) in [7, 11) is 0. The van der Waals surface area contributed by atoms with Crippen LogP contribution >= 0.6 is 0 Å². The molecule has 0 aliphatic heterocycles. The number of aryl methyl sites for hydroxylation is 1. The number of hydrogen-bond donors (Lipinski definition) is 2. The van der Waals surface area contributed by atoms with E-state index >= 15 is 0 Å². The van der Waals surface area contributed by atoms with Gasteiger partial charge in [-0.1, -0.05) is 12.1 Å². The summed E-state index contributed by atoms with van der Waals surface area (Å²) in [6, 6.07) is 16.6. The van der Waals surface area contributed by atoms with Crippen LogP contribution in [0, 0.1) is 6.92 Å². The highest BCUT2D eigenvalue weighted by atomic mass is 15.3. The van der Waals surface area contributed by atoms with Crippen molar-refractivity contribution in [3.05, 3.63) is 96.5 Å². The zero-order valence-electron chi connectivity index (χ0n) is 19.8. The number of aromatic nitrogens is 8. The van der Waals surface area contributed by atoms with Crippen LogP contribution in [0.15, 0.2) is 79.5 Å². The van der Waals surface area contributed by atoms with Gasteiger partial charge in [-0.05, 0) is 49.6 Å². The van der Waals surface area contributed by atoms with Crippen LogP contribution in [0.1, 0.15) is 35.7 Å². The van der Waals surface area contributed by atoms with Gasteiger partial charge in [0.2, 0.25) is 5.95 Å². The normalized spacial score (nSPS) is 13.5. The molecule has 6 aromatic rings. The lowest BCUT2D eigenvalue weighted by molar-refractivity contribution is 0.686. The number of rotatable bonds is 7. The molecule has 7 rings (SSSR count). The van der Waals surface area contributed by atoms with Crippen LogP contribution in [0.25, 0.3) is 22.6 Å². The molecule has 5 heterocycles. The highest BCUT2D eigenvalue weighted by Crippen LogP contribution is 2.39. The minimum absolute atomic E-state index is 0.609. The lowest BCUT2D eigenvalue weighted by Crippen LogP contribution is -2.03. The Hall–Kier alpha value is -4.66. The SMILES string of the molecule is Cc1cn2c(Nc3cc(C4CC4)[nH]n3)nc(-c3cnn(Cc4cccc(-n5cccc5)c4)c3)cc2n1. The Kier molecular flexibility index (Phi) is 4.73. The van der Waals surface area contributed by atoms with Gasteiger partial charge < -0.3 is 9.88 Å². The van der Waals surface area contributed by atoms with Crippen LogP contribution in [0.5, 0.6) is 0 Å². The fourth-order valence-corrected chi connectivity index (χ4v) is 4.56. The van der Waals surface area contributed by atoms with E-state index in [2.05, 4.69) is 60.5 Å². The first-order chi connectivity index (χ1) is 17.7. The minimum atomic E-state index is 0.609. The predicted octanol–water partition coefficient (Wildman–Crippen LogP) is 5.08. The van der Waals surface area contributed by atoms with Crippen molar-refractivity contribution in [1.82, 2.24) is 38.9 Å². The second-order valence-electron chi connectivity index (χ2n) is 9.37. The lowest BCUT2D eigenvalue weighted by atomic mass is 10.2. The molecule has 1 fully saturated rings. The summed E-state index contributed by atoms with van der Waals surface area (Å²) < 4.78 is 6.00. The van der Waals surface area contributed by atoms with Gasteiger partial charge in [0.05, 0.1) is 24.1 Å². The topological polar surface area (TPSA) is 93.7 Å². The van der Waals surface area contributed by atoms with Crippen molar-refractivity contribution in [2.45, 2.75) is 32.2 Å². The Bertz CT molecular complexity index is 1660. The van der Waals surface area contributed by atoms with Crippen LogP contribution < -0.4 is 5.32 Å². The quantitative estimate of drug-likeness (QED) is 0.336. The minimum Gasteiger partial charge on any atom is -0.324 e. The Morgan fingerprint density at radius 1 is 1.03 bits per heavy atom. The molecule has 1 aromatic carbocycles. The number of anilines is 2. The Labute approximate surface area is 207 Å². The number of nitrogens with one attached hydrogen (secondary N) is 2. The molecule has 36 heavy (non-hydrogen) atoms. The van der Waals surface area contributed by atoms with Gasteiger partial charge in [-0.25, -0.2) is 9.97 Å². The number of benzene rings is 1. The largest absolute Gasteiger partial charge is 0.324 e. The maximum absolute atomic E-state index is 4.92. The summed E-state index contributed by atoms with van der Waals surface area (Å²) in [5.41, 5.74) is 6.97. The number of hydrogen-bond acceptors (Lipinski definition) is 5. The average Bonchev–Trinajstić information content (AvgIpc) is 3.31. The molecule has 5 aromatic heterocycles. The van der Waals surface area contributed by atoms with Crippen molar-refractivity contribution in [3.63, 3.8) is 0 Å². The van der Waals surface area contributed by atoms with E-state index in [0.29, 0.717) is 18.4 Å². The van der Waals surface area contributed by atoms with E-state index in [1.807, 2.05) is 65.2 Å². The van der Waals surface area contributed by atoms with Crippen molar-refractivity contribution in [2.75, 3.05) is 5.32 Å². The van der Waals surface area contributed by atoms with Crippen LogP contribution in [-0.4, -0.2) is 38.9 Å².